The van der Waals surface area contributed by atoms with Gasteiger partial charge in [0, 0.05) is 11.3 Å². The van der Waals surface area contributed by atoms with Crippen LogP contribution in [0, 0.1) is 11.3 Å². The van der Waals surface area contributed by atoms with Gasteiger partial charge in [-0.2, -0.15) is 5.26 Å². The molecule has 0 aliphatic carbocycles. The second-order valence-corrected chi connectivity index (χ2v) is 5.77. The van der Waals surface area contributed by atoms with Crippen LogP contribution in [-0.2, 0) is 11.2 Å². The summed E-state index contributed by atoms with van der Waals surface area (Å²) in [5, 5.41) is 11.3. The Morgan fingerprint density at radius 1 is 1.33 bits per heavy atom. The van der Waals surface area contributed by atoms with Gasteiger partial charge in [-0.15, -0.1) is 11.3 Å². The number of thiophene rings is 1. The second kappa shape index (κ2) is 7.61. The van der Waals surface area contributed by atoms with Crippen molar-refractivity contribution in [3.63, 3.8) is 0 Å². The predicted molar refractivity (Wildman–Crippen MR) is 83.6 cm³/mol. The molecule has 0 saturated carbocycles. The van der Waals surface area contributed by atoms with Crippen LogP contribution in [0.2, 0.25) is 0 Å². The zero-order chi connectivity index (χ0) is 15.1. The van der Waals surface area contributed by atoms with E-state index in [-0.39, 0.29) is 5.78 Å². The number of nitrogens with zero attached hydrogens (tertiary/aromatic N) is 1. The number of carbonyl (C=O) groups excluding carboxylic acids is 1. The van der Waals surface area contributed by atoms with Crippen molar-refractivity contribution in [2.75, 3.05) is 7.11 Å². The predicted octanol–water partition coefficient (Wildman–Crippen LogP) is 3.96. The summed E-state index contributed by atoms with van der Waals surface area (Å²) in [4.78, 5) is 13.5. The van der Waals surface area contributed by atoms with Crippen LogP contribution >= 0.6 is 11.3 Å². The lowest BCUT2D eigenvalue weighted by molar-refractivity contribution is -0.119. The number of hydrogen-bond acceptors (Lipinski definition) is 4. The Balaban J connectivity index is 1.93. The molecular weight excluding hydrogens is 282 g/mol. The van der Waals surface area contributed by atoms with Crippen molar-refractivity contribution < 1.29 is 9.53 Å². The lowest BCUT2D eigenvalue weighted by Crippen LogP contribution is -2.11. The molecule has 0 bridgehead atoms. The Kier molecular flexibility index (Phi) is 5.53. The number of hydrogen-bond donors (Lipinski definition) is 0. The number of methoxy groups -OCH3 is 1. The van der Waals surface area contributed by atoms with E-state index in [0.717, 1.165) is 24.2 Å². The van der Waals surface area contributed by atoms with Gasteiger partial charge < -0.3 is 4.74 Å². The van der Waals surface area contributed by atoms with Crippen LogP contribution in [-0.4, -0.2) is 12.9 Å². The molecule has 1 aromatic carbocycles. The zero-order valence-electron chi connectivity index (χ0n) is 11.9. The maximum absolute atomic E-state index is 12.2. The van der Waals surface area contributed by atoms with Gasteiger partial charge in [0.15, 0.2) is 5.78 Å². The molecule has 2 rings (SSSR count). The van der Waals surface area contributed by atoms with Gasteiger partial charge in [0.1, 0.15) is 11.7 Å². The summed E-state index contributed by atoms with van der Waals surface area (Å²) in [5.41, 5.74) is 0.736. The van der Waals surface area contributed by atoms with E-state index in [1.807, 2.05) is 11.4 Å². The summed E-state index contributed by atoms with van der Waals surface area (Å²) in [6.07, 6.45) is 2.11. The third kappa shape index (κ3) is 4.17. The molecule has 21 heavy (non-hydrogen) atoms. The van der Waals surface area contributed by atoms with E-state index in [9.17, 15) is 10.1 Å². The lowest BCUT2D eigenvalue weighted by atomic mass is 9.93. The molecule has 0 amide bonds. The normalized spacial score (nSPS) is 11.6. The largest absolute Gasteiger partial charge is 0.497 e. The minimum absolute atomic E-state index is 0.0146. The molecular formula is C17H17NO2S. The SMILES string of the molecule is COc1ccc(C(C#N)C(=O)CCCc2cccs2)cc1. The average molecular weight is 299 g/mol. The highest BCUT2D eigenvalue weighted by Crippen LogP contribution is 2.22. The number of aryl methyl sites for hydroxylation is 1. The van der Waals surface area contributed by atoms with Gasteiger partial charge in [0.05, 0.1) is 13.2 Å². The van der Waals surface area contributed by atoms with E-state index in [1.165, 1.54) is 4.88 Å². The summed E-state index contributed by atoms with van der Waals surface area (Å²) in [7, 11) is 1.59. The van der Waals surface area contributed by atoms with Gasteiger partial charge in [0.2, 0.25) is 0 Å². The van der Waals surface area contributed by atoms with Crippen molar-refractivity contribution in [2.45, 2.75) is 25.2 Å². The van der Waals surface area contributed by atoms with Crippen molar-refractivity contribution >= 4 is 17.1 Å². The Morgan fingerprint density at radius 3 is 2.67 bits per heavy atom. The smallest absolute Gasteiger partial charge is 0.154 e. The van der Waals surface area contributed by atoms with E-state index in [0.29, 0.717) is 6.42 Å². The van der Waals surface area contributed by atoms with Gasteiger partial charge in [-0.05, 0) is 42.0 Å². The van der Waals surface area contributed by atoms with Crippen molar-refractivity contribution in [1.29, 1.82) is 5.26 Å². The number of ketones is 1. The summed E-state index contributed by atoms with van der Waals surface area (Å²) in [6, 6.07) is 13.3. The fourth-order valence-electron chi connectivity index (χ4n) is 2.16. The number of nitriles is 1. The van der Waals surface area contributed by atoms with Crippen LogP contribution in [0.15, 0.2) is 41.8 Å². The Morgan fingerprint density at radius 2 is 2.10 bits per heavy atom. The molecule has 1 unspecified atom stereocenters. The molecule has 0 N–H and O–H groups in total. The first-order valence-electron chi connectivity index (χ1n) is 6.83. The second-order valence-electron chi connectivity index (χ2n) is 4.73. The third-order valence-corrected chi connectivity index (χ3v) is 4.26. The van der Waals surface area contributed by atoms with E-state index >= 15 is 0 Å². The molecule has 2 aromatic rings. The average Bonchev–Trinajstić information content (AvgIpc) is 3.02. The minimum Gasteiger partial charge on any atom is -0.497 e. The molecule has 1 atom stereocenters. The topological polar surface area (TPSA) is 50.1 Å². The van der Waals surface area contributed by atoms with E-state index in [2.05, 4.69) is 12.1 Å². The molecule has 0 saturated heterocycles. The van der Waals surface area contributed by atoms with Crippen LogP contribution < -0.4 is 4.74 Å². The number of benzene rings is 1. The first kappa shape index (κ1) is 15.3. The van der Waals surface area contributed by atoms with Crippen LogP contribution in [0.4, 0.5) is 0 Å². The van der Waals surface area contributed by atoms with Crippen LogP contribution in [0.3, 0.4) is 0 Å². The summed E-state index contributed by atoms with van der Waals surface area (Å²) in [6.45, 7) is 0. The van der Waals surface area contributed by atoms with Gasteiger partial charge in [-0.1, -0.05) is 18.2 Å². The highest BCUT2D eigenvalue weighted by molar-refractivity contribution is 7.09. The standard InChI is InChI=1S/C17H17NO2S/c1-20-14-9-7-13(8-10-14)16(12-18)17(19)6-2-4-15-5-3-11-21-15/h3,5,7-11,16H,2,4,6H2,1H3. The van der Waals surface area contributed by atoms with Crippen LogP contribution in [0.5, 0.6) is 5.75 Å². The van der Waals surface area contributed by atoms with Gasteiger partial charge in [0.25, 0.3) is 0 Å². The number of carbonyl (C=O) groups is 1. The highest BCUT2D eigenvalue weighted by Gasteiger charge is 2.19. The molecule has 0 radical (unpaired) electrons. The number of ether oxygens (including phenoxy) is 1. The maximum atomic E-state index is 12.2. The van der Waals surface area contributed by atoms with Crippen molar-refractivity contribution in [2.24, 2.45) is 0 Å². The molecule has 0 aliphatic rings. The summed E-state index contributed by atoms with van der Waals surface area (Å²) >= 11 is 1.70. The first-order chi connectivity index (χ1) is 10.2. The number of rotatable bonds is 7. The number of Topliss-reactive ketones (excluding diaryl/α,β-unsaturated/α-hetero) is 1. The van der Waals surface area contributed by atoms with Gasteiger partial charge in [-0.25, -0.2) is 0 Å². The summed E-state index contributed by atoms with van der Waals surface area (Å²) < 4.78 is 5.08. The molecule has 0 fully saturated rings. The quantitative estimate of drug-likeness (QED) is 0.777. The van der Waals surface area contributed by atoms with E-state index < -0.39 is 5.92 Å². The van der Waals surface area contributed by atoms with E-state index in [4.69, 9.17) is 4.74 Å². The lowest BCUT2D eigenvalue weighted by Gasteiger charge is -2.09. The van der Waals surface area contributed by atoms with Gasteiger partial charge in [-0.3, -0.25) is 4.79 Å². The third-order valence-electron chi connectivity index (χ3n) is 3.33. The van der Waals surface area contributed by atoms with Crippen molar-refractivity contribution in [1.82, 2.24) is 0 Å². The zero-order valence-corrected chi connectivity index (χ0v) is 12.7. The van der Waals surface area contributed by atoms with Crippen molar-refractivity contribution in [3.05, 3.63) is 52.2 Å². The van der Waals surface area contributed by atoms with Crippen LogP contribution in [0.25, 0.3) is 0 Å². The molecule has 108 valence electrons. The molecule has 4 heteroatoms. The fourth-order valence-corrected chi connectivity index (χ4v) is 2.92. The monoisotopic (exact) mass is 299 g/mol. The molecule has 1 aromatic heterocycles. The minimum atomic E-state index is -0.681. The maximum Gasteiger partial charge on any atom is 0.154 e. The molecule has 1 heterocycles. The molecule has 3 nitrogen and oxygen atoms in total. The highest BCUT2D eigenvalue weighted by atomic mass is 32.1. The molecule has 0 spiro atoms. The Hall–Kier alpha value is -2.12. The summed E-state index contributed by atoms with van der Waals surface area (Å²) in [5.74, 6) is 0.0269. The van der Waals surface area contributed by atoms with Gasteiger partial charge >= 0.3 is 0 Å². The van der Waals surface area contributed by atoms with Crippen LogP contribution in [0.1, 0.15) is 29.2 Å². The van der Waals surface area contributed by atoms with E-state index in [1.54, 1.807) is 42.7 Å². The Labute approximate surface area is 128 Å². The molecule has 0 aliphatic heterocycles. The first-order valence-corrected chi connectivity index (χ1v) is 7.71. The van der Waals surface area contributed by atoms with Crippen molar-refractivity contribution in [3.8, 4) is 11.8 Å². The Bertz CT molecular complexity index is 611. The fraction of sp³-hybridized carbons (Fsp3) is 0.294.